The van der Waals surface area contributed by atoms with Gasteiger partial charge in [0.2, 0.25) is 5.91 Å². The molecule has 26 heavy (non-hydrogen) atoms. The lowest BCUT2D eigenvalue weighted by atomic mass is 10.1. The SMILES string of the molecule is CCNC(=NCc1cccc(NC(=O)C2CCCC2)c1)NC(C)(C)C.I. The van der Waals surface area contributed by atoms with Crippen LogP contribution in [0.25, 0.3) is 0 Å². The number of benzene rings is 1. The molecule has 0 aromatic heterocycles. The molecular formula is C20H33IN4O. The van der Waals surface area contributed by atoms with Gasteiger partial charge < -0.3 is 16.0 Å². The fourth-order valence-corrected chi connectivity index (χ4v) is 3.01. The first-order chi connectivity index (χ1) is 11.9. The number of hydrogen-bond donors (Lipinski definition) is 3. The minimum atomic E-state index is -0.0435. The summed E-state index contributed by atoms with van der Waals surface area (Å²) in [7, 11) is 0. The van der Waals surface area contributed by atoms with E-state index in [4.69, 9.17) is 0 Å². The van der Waals surface area contributed by atoms with Crippen LogP contribution in [0, 0.1) is 5.92 Å². The zero-order chi connectivity index (χ0) is 18.3. The van der Waals surface area contributed by atoms with Crippen molar-refractivity contribution in [2.24, 2.45) is 10.9 Å². The topological polar surface area (TPSA) is 65.5 Å². The molecule has 6 heteroatoms. The fraction of sp³-hybridized carbons (Fsp3) is 0.600. The Bertz CT molecular complexity index is 604. The van der Waals surface area contributed by atoms with Crippen molar-refractivity contribution in [1.29, 1.82) is 0 Å². The van der Waals surface area contributed by atoms with E-state index in [-0.39, 0.29) is 41.3 Å². The molecule has 0 atom stereocenters. The maximum absolute atomic E-state index is 12.3. The molecular weight excluding hydrogens is 439 g/mol. The predicted octanol–water partition coefficient (Wildman–Crippen LogP) is 4.29. The normalized spacial score (nSPS) is 15.3. The molecule has 1 aliphatic rings. The summed E-state index contributed by atoms with van der Waals surface area (Å²) in [5.74, 6) is 1.13. The molecule has 0 aliphatic heterocycles. The third-order valence-electron chi connectivity index (χ3n) is 4.18. The number of guanidine groups is 1. The Balaban J connectivity index is 0.00000338. The van der Waals surface area contributed by atoms with E-state index >= 15 is 0 Å². The zero-order valence-electron chi connectivity index (χ0n) is 16.4. The second-order valence-corrected chi connectivity index (χ2v) is 7.74. The van der Waals surface area contributed by atoms with Crippen LogP contribution in [-0.2, 0) is 11.3 Å². The molecule has 0 saturated heterocycles. The fourth-order valence-electron chi connectivity index (χ4n) is 3.01. The van der Waals surface area contributed by atoms with Gasteiger partial charge >= 0.3 is 0 Å². The maximum Gasteiger partial charge on any atom is 0.227 e. The Morgan fingerprint density at radius 3 is 2.54 bits per heavy atom. The summed E-state index contributed by atoms with van der Waals surface area (Å²) in [6.45, 7) is 9.77. The van der Waals surface area contributed by atoms with E-state index in [2.05, 4.69) is 48.6 Å². The quantitative estimate of drug-likeness (QED) is 0.341. The van der Waals surface area contributed by atoms with Crippen LogP contribution in [0.1, 0.15) is 58.9 Å². The first-order valence-corrected chi connectivity index (χ1v) is 9.33. The van der Waals surface area contributed by atoms with Gasteiger partial charge in [-0.25, -0.2) is 4.99 Å². The van der Waals surface area contributed by atoms with E-state index in [0.29, 0.717) is 6.54 Å². The molecule has 5 nitrogen and oxygen atoms in total. The molecule has 1 amide bonds. The summed E-state index contributed by atoms with van der Waals surface area (Å²) in [6, 6.07) is 7.96. The summed E-state index contributed by atoms with van der Waals surface area (Å²) < 4.78 is 0. The zero-order valence-corrected chi connectivity index (χ0v) is 18.7. The monoisotopic (exact) mass is 472 g/mol. The van der Waals surface area contributed by atoms with Crippen molar-refractivity contribution >= 4 is 41.5 Å². The highest BCUT2D eigenvalue weighted by molar-refractivity contribution is 14.0. The molecule has 3 N–H and O–H groups in total. The number of amides is 1. The lowest BCUT2D eigenvalue weighted by Gasteiger charge is -2.23. The average Bonchev–Trinajstić information content (AvgIpc) is 3.06. The van der Waals surface area contributed by atoms with Crippen molar-refractivity contribution in [2.75, 3.05) is 11.9 Å². The molecule has 1 saturated carbocycles. The lowest BCUT2D eigenvalue weighted by molar-refractivity contribution is -0.119. The van der Waals surface area contributed by atoms with E-state index in [1.54, 1.807) is 0 Å². The van der Waals surface area contributed by atoms with Crippen LogP contribution in [0.15, 0.2) is 29.3 Å². The van der Waals surface area contributed by atoms with Crippen LogP contribution in [-0.4, -0.2) is 24.0 Å². The predicted molar refractivity (Wildman–Crippen MR) is 120 cm³/mol. The largest absolute Gasteiger partial charge is 0.357 e. The summed E-state index contributed by atoms with van der Waals surface area (Å²) in [4.78, 5) is 16.9. The molecule has 0 radical (unpaired) electrons. The number of carbonyl (C=O) groups is 1. The highest BCUT2D eigenvalue weighted by Crippen LogP contribution is 2.26. The van der Waals surface area contributed by atoms with Gasteiger partial charge in [0.25, 0.3) is 0 Å². The van der Waals surface area contributed by atoms with Crippen LogP contribution < -0.4 is 16.0 Å². The van der Waals surface area contributed by atoms with Gasteiger partial charge in [-0.2, -0.15) is 0 Å². The van der Waals surface area contributed by atoms with Crippen molar-refractivity contribution in [2.45, 2.75) is 65.5 Å². The van der Waals surface area contributed by atoms with Gasteiger partial charge in [0.1, 0.15) is 0 Å². The standard InChI is InChI=1S/C20H32N4O.HI/c1-5-21-19(24-20(2,3)4)22-14-15-9-8-12-17(13-15)23-18(25)16-10-6-7-11-16;/h8-9,12-13,16H,5-7,10-11,14H2,1-4H3,(H,23,25)(H2,21,22,24);1H. The van der Waals surface area contributed by atoms with Crippen molar-refractivity contribution in [3.05, 3.63) is 29.8 Å². The average molecular weight is 472 g/mol. The lowest BCUT2D eigenvalue weighted by Crippen LogP contribution is -2.47. The van der Waals surface area contributed by atoms with Gasteiger partial charge in [0.05, 0.1) is 6.54 Å². The smallest absolute Gasteiger partial charge is 0.227 e. The number of hydrogen-bond acceptors (Lipinski definition) is 2. The van der Waals surface area contributed by atoms with E-state index in [9.17, 15) is 4.79 Å². The number of anilines is 1. The molecule has 0 heterocycles. The van der Waals surface area contributed by atoms with E-state index < -0.39 is 0 Å². The Kier molecular flexibility index (Phi) is 9.39. The summed E-state index contributed by atoms with van der Waals surface area (Å²) >= 11 is 0. The Labute approximate surface area is 174 Å². The molecule has 1 aromatic carbocycles. The number of rotatable bonds is 5. The van der Waals surface area contributed by atoms with E-state index in [1.807, 2.05) is 24.3 Å². The number of aliphatic imine (C=N–C) groups is 1. The van der Waals surface area contributed by atoms with E-state index in [1.165, 1.54) is 12.8 Å². The molecule has 1 fully saturated rings. The number of nitrogens with one attached hydrogen (secondary N) is 3. The van der Waals surface area contributed by atoms with Gasteiger partial charge in [-0.15, -0.1) is 24.0 Å². The van der Waals surface area contributed by atoms with Crippen molar-refractivity contribution in [3.8, 4) is 0 Å². The van der Waals surface area contributed by atoms with Gasteiger partial charge in [0, 0.05) is 23.7 Å². The first kappa shape index (κ1) is 22.7. The highest BCUT2D eigenvalue weighted by Gasteiger charge is 2.22. The van der Waals surface area contributed by atoms with Crippen LogP contribution in [0.2, 0.25) is 0 Å². The van der Waals surface area contributed by atoms with Crippen LogP contribution in [0.5, 0.6) is 0 Å². The number of carbonyl (C=O) groups excluding carboxylic acids is 1. The second-order valence-electron chi connectivity index (χ2n) is 7.74. The molecule has 0 unspecified atom stereocenters. The molecule has 0 bridgehead atoms. The first-order valence-electron chi connectivity index (χ1n) is 9.33. The Morgan fingerprint density at radius 2 is 1.92 bits per heavy atom. The minimum absolute atomic E-state index is 0. The molecule has 2 rings (SSSR count). The Morgan fingerprint density at radius 1 is 1.23 bits per heavy atom. The van der Waals surface area contributed by atoms with Gasteiger partial charge in [-0.05, 0) is 58.2 Å². The number of halogens is 1. The van der Waals surface area contributed by atoms with Crippen LogP contribution in [0.3, 0.4) is 0 Å². The highest BCUT2D eigenvalue weighted by atomic mass is 127. The molecule has 146 valence electrons. The molecule has 1 aromatic rings. The van der Waals surface area contributed by atoms with Gasteiger partial charge in [-0.1, -0.05) is 25.0 Å². The maximum atomic E-state index is 12.3. The Hall–Kier alpha value is -1.31. The minimum Gasteiger partial charge on any atom is -0.357 e. The summed E-state index contributed by atoms with van der Waals surface area (Å²) in [5.41, 5.74) is 1.90. The second kappa shape index (κ2) is 10.7. The number of nitrogens with zero attached hydrogens (tertiary/aromatic N) is 1. The van der Waals surface area contributed by atoms with E-state index in [0.717, 1.165) is 36.6 Å². The van der Waals surface area contributed by atoms with Gasteiger partial charge in [0.15, 0.2) is 5.96 Å². The van der Waals surface area contributed by atoms with Crippen LogP contribution in [0.4, 0.5) is 5.69 Å². The van der Waals surface area contributed by atoms with Crippen LogP contribution >= 0.6 is 24.0 Å². The van der Waals surface area contributed by atoms with Gasteiger partial charge in [-0.3, -0.25) is 4.79 Å². The van der Waals surface area contributed by atoms with Crippen molar-refractivity contribution < 1.29 is 4.79 Å². The summed E-state index contributed by atoms with van der Waals surface area (Å²) in [5, 5.41) is 9.70. The third-order valence-corrected chi connectivity index (χ3v) is 4.18. The van der Waals surface area contributed by atoms with Crippen molar-refractivity contribution in [3.63, 3.8) is 0 Å². The molecule has 0 spiro atoms. The van der Waals surface area contributed by atoms with Crippen molar-refractivity contribution in [1.82, 2.24) is 10.6 Å². The summed E-state index contributed by atoms with van der Waals surface area (Å²) in [6.07, 6.45) is 4.36. The third kappa shape index (κ3) is 7.93. The molecule has 1 aliphatic carbocycles.